The minimum atomic E-state index is -0.388. The summed E-state index contributed by atoms with van der Waals surface area (Å²) in [4.78, 5) is 24.2. The molecule has 1 saturated heterocycles. The second kappa shape index (κ2) is 6.84. The quantitative estimate of drug-likeness (QED) is 0.748. The fraction of sp³-hybridized carbons (Fsp3) is 0.368. The Hall–Kier alpha value is -2.80. The number of amides is 1. The second-order valence-electron chi connectivity index (χ2n) is 6.69. The lowest BCUT2D eigenvalue weighted by Gasteiger charge is -2.25. The average Bonchev–Trinajstić information content (AvgIpc) is 3.26. The molecule has 0 unspecified atom stereocenters. The van der Waals surface area contributed by atoms with Gasteiger partial charge in [0.05, 0.1) is 5.52 Å². The van der Waals surface area contributed by atoms with Gasteiger partial charge in [-0.15, -0.1) is 0 Å². The molecule has 0 aliphatic carbocycles. The summed E-state index contributed by atoms with van der Waals surface area (Å²) in [5.74, 6) is -0.476. The molecule has 3 heterocycles. The summed E-state index contributed by atoms with van der Waals surface area (Å²) < 4.78 is 8.68. The molecule has 0 saturated carbocycles. The molecule has 7 heteroatoms. The maximum absolute atomic E-state index is 12.7. The molecule has 1 aliphatic heterocycles. The first kappa shape index (κ1) is 16.7. The lowest BCUT2D eigenvalue weighted by Crippen LogP contribution is -2.32. The van der Waals surface area contributed by atoms with Crippen molar-refractivity contribution >= 4 is 17.0 Å². The van der Waals surface area contributed by atoms with Crippen LogP contribution in [0.2, 0.25) is 0 Å². The van der Waals surface area contributed by atoms with E-state index in [-0.39, 0.29) is 11.7 Å². The molecular formula is C19H22N4O3. The standard InChI is InChI=1S/C19H22N4O3/c1-22-16-11-13(4-5-17(16)26-19(22)25)12-21-18(24)15-3-2-10-23(15)14-6-8-20-9-7-14/h2-5,10-11,14,20H,6-9,12H2,1H3,(H,21,24). The molecule has 1 aromatic carbocycles. The highest BCUT2D eigenvalue weighted by molar-refractivity contribution is 5.92. The summed E-state index contributed by atoms with van der Waals surface area (Å²) in [6.45, 7) is 2.35. The summed E-state index contributed by atoms with van der Waals surface area (Å²) in [6, 6.07) is 9.63. The Bertz CT molecular complexity index is 992. The van der Waals surface area contributed by atoms with Gasteiger partial charge in [-0.1, -0.05) is 6.07 Å². The van der Waals surface area contributed by atoms with E-state index in [1.54, 1.807) is 13.1 Å². The van der Waals surface area contributed by atoms with Crippen molar-refractivity contribution in [2.24, 2.45) is 7.05 Å². The number of oxazole rings is 1. The topological polar surface area (TPSA) is 81.2 Å². The highest BCUT2D eigenvalue weighted by Gasteiger charge is 2.19. The lowest BCUT2D eigenvalue weighted by atomic mass is 10.1. The molecule has 7 nitrogen and oxygen atoms in total. The van der Waals surface area contributed by atoms with Crippen molar-refractivity contribution in [3.63, 3.8) is 0 Å². The third kappa shape index (κ3) is 3.06. The van der Waals surface area contributed by atoms with Gasteiger partial charge in [0.25, 0.3) is 5.91 Å². The van der Waals surface area contributed by atoms with Crippen molar-refractivity contribution < 1.29 is 9.21 Å². The number of rotatable bonds is 4. The van der Waals surface area contributed by atoms with Gasteiger partial charge < -0.3 is 19.6 Å². The van der Waals surface area contributed by atoms with E-state index in [1.165, 1.54) is 4.57 Å². The zero-order chi connectivity index (χ0) is 18.1. The maximum atomic E-state index is 12.7. The number of piperidine rings is 1. The molecule has 0 atom stereocenters. The van der Waals surface area contributed by atoms with Crippen molar-refractivity contribution in [1.29, 1.82) is 0 Å². The van der Waals surface area contributed by atoms with Crippen LogP contribution < -0.4 is 16.4 Å². The number of carbonyl (C=O) groups is 1. The molecule has 136 valence electrons. The number of aromatic nitrogens is 2. The SMILES string of the molecule is Cn1c(=O)oc2ccc(CNC(=O)c3cccn3C3CCNCC3)cc21. The zero-order valence-corrected chi connectivity index (χ0v) is 14.7. The van der Waals surface area contributed by atoms with Crippen LogP contribution >= 0.6 is 0 Å². The Morgan fingerprint density at radius 1 is 1.31 bits per heavy atom. The first-order chi connectivity index (χ1) is 12.6. The van der Waals surface area contributed by atoms with E-state index in [2.05, 4.69) is 15.2 Å². The predicted molar refractivity (Wildman–Crippen MR) is 98.2 cm³/mol. The molecule has 0 spiro atoms. The molecule has 2 N–H and O–H groups in total. The summed E-state index contributed by atoms with van der Waals surface area (Å²) in [5, 5.41) is 6.33. The zero-order valence-electron chi connectivity index (χ0n) is 14.7. The van der Waals surface area contributed by atoms with Crippen molar-refractivity contribution in [3.8, 4) is 0 Å². The van der Waals surface area contributed by atoms with Gasteiger partial charge in [-0.2, -0.15) is 0 Å². The van der Waals surface area contributed by atoms with Gasteiger partial charge in [0.2, 0.25) is 0 Å². The smallest absolute Gasteiger partial charge is 0.408 e. The van der Waals surface area contributed by atoms with E-state index < -0.39 is 0 Å². The van der Waals surface area contributed by atoms with Crippen molar-refractivity contribution in [2.75, 3.05) is 13.1 Å². The Kier molecular flexibility index (Phi) is 4.38. The Morgan fingerprint density at radius 3 is 2.92 bits per heavy atom. The molecule has 0 radical (unpaired) electrons. The number of carbonyl (C=O) groups excluding carboxylic acids is 1. The third-order valence-electron chi connectivity index (χ3n) is 5.02. The van der Waals surface area contributed by atoms with Gasteiger partial charge in [-0.3, -0.25) is 9.36 Å². The maximum Gasteiger partial charge on any atom is 0.419 e. The molecule has 4 rings (SSSR count). The number of benzene rings is 1. The van der Waals surface area contributed by atoms with Gasteiger partial charge in [0, 0.05) is 25.8 Å². The van der Waals surface area contributed by atoms with Crippen molar-refractivity contribution in [2.45, 2.75) is 25.4 Å². The predicted octanol–water partition coefficient (Wildman–Crippen LogP) is 1.79. The molecule has 3 aromatic rings. The summed E-state index contributed by atoms with van der Waals surface area (Å²) in [6.07, 6.45) is 4.04. The molecule has 2 aromatic heterocycles. The number of aryl methyl sites for hydroxylation is 1. The van der Waals surface area contributed by atoms with Gasteiger partial charge >= 0.3 is 5.76 Å². The summed E-state index contributed by atoms with van der Waals surface area (Å²) >= 11 is 0. The average molecular weight is 354 g/mol. The Balaban J connectivity index is 1.48. The molecular weight excluding hydrogens is 332 g/mol. The molecule has 1 fully saturated rings. The molecule has 26 heavy (non-hydrogen) atoms. The van der Waals surface area contributed by atoms with E-state index in [9.17, 15) is 9.59 Å². The summed E-state index contributed by atoms with van der Waals surface area (Å²) in [5.41, 5.74) is 2.88. The van der Waals surface area contributed by atoms with Crippen LogP contribution in [0, 0.1) is 0 Å². The first-order valence-electron chi connectivity index (χ1n) is 8.88. The normalized spacial score (nSPS) is 15.4. The first-order valence-corrected chi connectivity index (χ1v) is 8.88. The number of hydrogen-bond acceptors (Lipinski definition) is 4. The Morgan fingerprint density at radius 2 is 2.12 bits per heavy atom. The van der Waals surface area contributed by atoms with Crippen molar-refractivity contribution in [3.05, 3.63) is 58.3 Å². The Labute approximate surface area is 150 Å². The van der Waals surface area contributed by atoms with Gasteiger partial charge in [0.15, 0.2) is 5.58 Å². The van der Waals surface area contributed by atoms with Crippen LogP contribution in [0.3, 0.4) is 0 Å². The minimum absolute atomic E-state index is 0.0882. The third-order valence-corrected chi connectivity index (χ3v) is 5.02. The number of nitrogens with zero attached hydrogens (tertiary/aromatic N) is 2. The van der Waals surface area contributed by atoms with Crippen LogP contribution in [0.4, 0.5) is 0 Å². The van der Waals surface area contributed by atoms with E-state index in [1.807, 2.05) is 30.5 Å². The van der Waals surface area contributed by atoms with E-state index in [4.69, 9.17) is 4.42 Å². The van der Waals surface area contributed by atoms with Crippen LogP contribution in [0.1, 0.15) is 34.9 Å². The lowest BCUT2D eigenvalue weighted by molar-refractivity contribution is 0.0938. The molecule has 1 amide bonds. The van der Waals surface area contributed by atoms with Gasteiger partial charge in [-0.25, -0.2) is 4.79 Å². The highest BCUT2D eigenvalue weighted by Crippen LogP contribution is 2.21. The fourth-order valence-electron chi connectivity index (χ4n) is 3.54. The largest absolute Gasteiger partial charge is 0.419 e. The highest BCUT2D eigenvalue weighted by atomic mass is 16.4. The number of nitrogens with one attached hydrogen (secondary N) is 2. The monoisotopic (exact) mass is 354 g/mol. The van der Waals surface area contributed by atoms with Crippen LogP contribution in [-0.2, 0) is 13.6 Å². The van der Waals surface area contributed by atoms with E-state index in [0.717, 1.165) is 37.0 Å². The minimum Gasteiger partial charge on any atom is -0.408 e. The van der Waals surface area contributed by atoms with Gasteiger partial charge in [0.1, 0.15) is 5.69 Å². The molecule has 0 bridgehead atoms. The van der Waals surface area contributed by atoms with E-state index in [0.29, 0.717) is 23.9 Å². The fourth-order valence-corrected chi connectivity index (χ4v) is 3.54. The van der Waals surface area contributed by atoms with Crippen LogP contribution in [0.25, 0.3) is 11.1 Å². The van der Waals surface area contributed by atoms with Gasteiger partial charge in [-0.05, 0) is 55.8 Å². The van der Waals surface area contributed by atoms with E-state index >= 15 is 0 Å². The second-order valence-corrected chi connectivity index (χ2v) is 6.69. The van der Waals surface area contributed by atoms with Crippen molar-refractivity contribution in [1.82, 2.24) is 19.8 Å². The van der Waals surface area contributed by atoms with Crippen LogP contribution in [-0.4, -0.2) is 28.1 Å². The van der Waals surface area contributed by atoms with Crippen LogP contribution in [0.5, 0.6) is 0 Å². The van der Waals surface area contributed by atoms with Crippen LogP contribution in [0.15, 0.2) is 45.7 Å². The molecule has 1 aliphatic rings. The summed E-state index contributed by atoms with van der Waals surface area (Å²) in [7, 11) is 1.67. The number of fused-ring (bicyclic) bond motifs is 1. The number of hydrogen-bond donors (Lipinski definition) is 2.